The summed E-state index contributed by atoms with van der Waals surface area (Å²) in [5.41, 5.74) is 0.435. The first-order chi connectivity index (χ1) is 9.98. The number of benzene rings is 1. The van der Waals surface area contributed by atoms with Crippen LogP contribution in [0.3, 0.4) is 0 Å². The Morgan fingerprint density at radius 3 is 1.73 bits per heavy atom. The minimum atomic E-state index is -0.540. The molecule has 0 aromatic heterocycles. The Kier molecular flexibility index (Phi) is 5.75. The van der Waals surface area contributed by atoms with Crippen molar-refractivity contribution in [3.05, 3.63) is 35.4 Å². The molecule has 22 heavy (non-hydrogen) atoms. The van der Waals surface area contributed by atoms with E-state index in [1.54, 1.807) is 24.3 Å². The number of ether oxygens (including phenoxy) is 2. The molecule has 1 aromatic rings. The summed E-state index contributed by atoms with van der Waals surface area (Å²) in [5, 5.41) is 0. The first-order valence-electron chi connectivity index (χ1n) is 7.48. The molecule has 0 unspecified atom stereocenters. The molecule has 0 atom stereocenters. The highest BCUT2D eigenvalue weighted by molar-refractivity contribution is 5.93. The van der Waals surface area contributed by atoms with Gasteiger partial charge in [-0.25, -0.2) is 9.59 Å². The van der Waals surface area contributed by atoms with Crippen LogP contribution >= 0.6 is 0 Å². The van der Waals surface area contributed by atoms with Gasteiger partial charge in [-0.3, -0.25) is 0 Å². The summed E-state index contributed by atoms with van der Waals surface area (Å²) in [6.45, 7) is 12.1. The SMILES string of the molecule is CC(C)(C)CCOC(=O)c1ccc(C(=O)OC(C)(C)C)cc1. The molecule has 0 saturated carbocycles. The van der Waals surface area contributed by atoms with E-state index in [1.807, 2.05) is 20.8 Å². The summed E-state index contributed by atoms with van der Waals surface area (Å²) in [6.07, 6.45) is 0.800. The van der Waals surface area contributed by atoms with Crippen LogP contribution in [0.1, 0.15) is 68.7 Å². The Balaban J connectivity index is 2.61. The lowest BCUT2D eigenvalue weighted by Gasteiger charge is -2.19. The number of hydrogen-bond donors (Lipinski definition) is 0. The maximum absolute atomic E-state index is 11.9. The molecule has 0 spiro atoms. The molecule has 0 saturated heterocycles. The van der Waals surface area contributed by atoms with E-state index in [-0.39, 0.29) is 11.4 Å². The van der Waals surface area contributed by atoms with Crippen molar-refractivity contribution < 1.29 is 19.1 Å². The highest BCUT2D eigenvalue weighted by Crippen LogP contribution is 2.18. The summed E-state index contributed by atoms with van der Waals surface area (Å²) >= 11 is 0. The molecule has 4 heteroatoms. The Morgan fingerprint density at radius 2 is 1.32 bits per heavy atom. The van der Waals surface area contributed by atoms with Gasteiger partial charge in [0.1, 0.15) is 5.60 Å². The number of carbonyl (C=O) groups is 2. The molecule has 1 aromatic carbocycles. The van der Waals surface area contributed by atoms with E-state index in [0.29, 0.717) is 17.7 Å². The number of esters is 2. The van der Waals surface area contributed by atoms with Crippen LogP contribution < -0.4 is 0 Å². The van der Waals surface area contributed by atoms with E-state index in [4.69, 9.17) is 9.47 Å². The fraction of sp³-hybridized carbons (Fsp3) is 0.556. The minimum absolute atomic E-state index is 0.126. The van der Waals surface area contributed by atoms with E-state index < -0.39 is 11.6 Å². The van der Waals surface area contributed by atoms with Crippen molar-refractivity contribution >= 4 is 11.9 Å². The molecule has 122 valence electrons. The van der Waals surface area contributed by atoms with Gasteiger partial charge in [-0.15, -0.1) is 0 Å². The monoisotopic (exact) mass is 306 g/mol. The van der Waals surface area contributed by atoms with Crippen molar-refractivity contribution in [2.75, 3.05) is 6.61 Å². The molecule has 0 aliphatic heterocycles. The standard InChI is InChI=1S/C18H26O4/c1-17(2,3)11-12-21-15(19)13-7-9-14(10-8-13)16(20)22-18(4,5)6/h7-10H,11-12H2,1-6H3. The first kappa shape index (κ1) is 18.2. The average molecular weight is 306 g/mol. The van der Waals surface area contributed by atoms with Crippen LogP contribution in [0.15, 0.2) is 24.3 Å². The maximum Gasteiger partial charge on any atom is 0.338 e. The average Bonchev–Trinajstić information content (AvgIpc) is 2.35. The van der Waals surface area contributed by atoms with Crippen molar-refractivity contribution in [2.24, 2.45) is 5.41 Å². The minimum Gasteiger partial charge on any atom is -0.462 e. The fourth-order valence-corrected chi connectivity index (χ4v) is 1.61. The largest absolute Gasteiger partial charge is 0.462 e. The van der Waals surface area contributed by atoms with Crippen LogP contribution in [0.25, 0.3) is 0 Å². The molecule has 0 bridgehead atoms. The Labute approximate surface area is 132 Å². The second-order valence-electron chi connectivity index (χ2n) is 7.53. The van der Waals surface area contributed by atoms with E-state index in [0.717, 1.165) is 6.42 Å². The quantitative estimate of drug-likeness (QED) is 0.781. The van der Waals surface area contributed by atoms with Gasteiger partial charge in [-0.1, -0.05) is 20.8 Å². The van der Waals surface area contributed by atoms with Crippen LogP contribution in [-0.4, -0.2) is 24.1 Å². The second-order valence-corrected chi connectivity index (χ2v) is 7.53. The third kappa shape index (κ3) is 6.74. The smallest absolute Gasteiger partial charge is 0.338 e. The van der Waals surface area contributed by atoms with Crippen molar-refractivity contribution in [3.63, 3.8) is 0 Å². The fourth-order valence-electron chi connectivity index (χ4n) is 1.61. The molecule has 1 rings (SSSR count). The molecule has 0 aliphatic rings. The Hall–Kier alpha value is -1.84. The summed E-state index contributed by atoms with van der Waals surface area (Å²) in [6, 6.07) is 6.32. The van der Waals surface area contributed by atoms with Gasteiger partial charge in [0.05, 0.1) is 17.7 Å². The predicted octanol–water partition coefficient (Wildman–Crippen LogP) is 4.23. The molecule has 0 radical (unpaired) electrons. The Morgan fingerprint density at radius 1 is 0.864 bits per heavy atom. The lowest BCUT2D eigenvalue weighted by Crippen LogP contribution is -2.23. The van der Waals surface area contributed by atoms with E-state index in [2.05, 4.69) is 20.8 Å². The van der Waals surface area contributed by atoms with Crippen molar-refractivity contribution in [1.29, 1.82) is 0 Å². The molecule has 0 aliphatic carbocycles. The van der Waals surface area contributed by atoms with Gasteiger partial charge >= 0.3 is 11.9 Å². The third-order valence-corrected chi connectivity index (χ3v) is 2.84. The molecular weight excluding hydrogens is 280 g/mol. The first-order valence-corrected chi connectivity index (χ1v) is 7.48. The van der Waals surface area contributed by atoms with Crippen molar-refractivity contribution in [2.45, 2.75) is 53.6 Å². The maximum atomic E-state index is 11.9. The molecule has 4 nitrogen and oxygen atoms in total. The summed E-state index contributed by atoms with van der Waals surface area (Å²) in [7, 11) is 0. The lowest BCUT2D eigenvalue weighted by atomic mass is 9.93. The van der Waals surface area contributed by atoms with Gasteiger partial charge < -0.3 is 9.47 Å². The topological polar surface area (TPSA) is 52.6 Å². The summed E-state index contributed by atoms with van der Waals surface area (Å²) in [4.78, 5) is 23.8. The van der Waals surface area contributed by atoms with Crippen molar-refractivity contribution in [3.8, 4) is 0 Å². The van der Waals surface area contributed by atoms with Gasteiger partial charge in [0, 0.05) is 0 Å². The third-order valence-electron chi connectivity index (χ3n) is 2.84. The lowest BCUT2D eigenvalue weighted by molar-refractivity contribution is 0.00689. The normalized spacial score (nSPS) is 11.9. The molecule has 0 N–H and O–H groups in total. The summed E-state index contributed by atoms with van der Waals surface area (Å²) in [5.74, 6) is -0.778. The molecule has 0 fully saturated rings. The van der Waals surface area contributed by atoms with E-state index >= 15 is 0 Å². The zero-order valence-electron chi connectivity index (χ0n) is 14.4. The molecular formula is C18H26O4. The predicted molar refractivity (Wildman–Crippen MR) is 86.0 cm³/mol. The van der Waals surface area contributed by atoms with Crippen LogP contribution in [0.2, 0.25) is 0 Å². The Bertz CT molecular complexity index is 516. The highest BCUT2D eigenvalue weighted by Gasteiger charge is 2.18. The molecule has 0 amide bonds. The van der Waals surface area contributed by atoms with Crippen LogP contribution in [0.4, 0.5) is 0 Å². The zero-order valence-corrected chi connectivity index (χ0v) is 14.4. The van der Waals surface area contributed by atoms with Crippen LogP contribution in [0, 0.1) is 5.41 Å². The second kappa shape index (κ2) is 6.95. The van der Waals surface area contributed by atoms with Gasteiger partial charge in [-0.2, -0.15) is 0 Å². The molecule has 0 heterocycles. The summed E-state index contributed by atoms with van der Waals surface area (Å²) < 4.78 is 10.5. The number of carbonyl (C=O) groups excluding carboxylic acids is 2. The zero-order chi connectivity index (χ0) is 17.0. The number of rotatable bonds is 4. The number of hydrogen-bond acceptors (Lipinski definition) is 4. The van der Waals surface area contributed by atoms with E-state index in [9.17, 15) is 9.59 Å². The highest BCUT2D eigenvalue weighted by atomic mass is 16.6. The van der Waals surface area contributed by atoms with Gasteiger partial charge in [0.25, 0.3) is 0 Å². The van der Waals surface area contributed by atoms with Gasteiger partial charge in [-0.05, 0) is 56.9 Å². The van der Waals surface area contributed by atoms with E-state index in [1.165, 1.54) is 0 Å². The van der Waals surface area contributed by atoms with Gasteiger partial charge in [0.15, 0.2) is 0 Å². The van der Waals surface area contributed by atoms with Gasteiger partial charge in [0.2, 0.25) is 0 Å². The van der Waals surface area contributed by atoms with Crippen LogP contribution in [-0.2, 0) is 9.47 Å². The van der Waals surface area contributed by atoms with Crippen molar-refractivity contribution in [1.82, 2.24) is 0 Å². The van der Waals surface area contributed by atoms with Crippen LogP contribution in [0.5, 0.6) is 0 Å².